The zero-order chi connectivity index (χ0) is 20.0. The second-order valence-corrected chi connectivity index (χ2v) is 8.09. The van der Waals surface area contributed by atoms with Crippen molar-refractivity contribution in [3.63, 3.8) is 0 Å². The Morgan fingerprint density at radius 1 is 0.862 bits per heavy atom. The Labute approximate surface area is 174 Å². The summed E-state index contributed by atoms with van der Waals surface area (Å²) in [6, 6.07) is 21.6. The van der Waals surface area contributed by atoms with Gasteiger partial charge in [-0.15, -0.1) is 11.3 Å². The third kappa shape index (κ3) is 2.53. The Morgan fingerprint density at radius 3 is 2.41 bits per heavy atom. The van der Waals surface area contributed by atoms with Crippen LogP contribution in [0.15, 0.2) is 79.9 Å². The molecule has 0 aliphatic heterocycles. The van der Waals surface area contributed by atoms with Gasteiger partial charge < -0.3 is 4.57 Å². The molecule has 0 bridgehead atoms. The lowest BCUT2D eigenvalue weighted by Gasteiger charge is -2.10. The first-order valence-electron chi connectivity index (χ1n) is 9.74. The van der Waals surface area contributed by atoms with Crippen LogP contribution in [0.25, 0.3) is 55.0 Å². The molecule has 0 radical (unpaired) electrons. The highest BCUT2D eigenvalue weighted by atomic mass is 32.1. The molecule has 0 atom stereocenters. The molecule has 0 saturated heterocycles. The van der Waals surface area contributed by atoms with E-state index in [1.54, 1.807) is 0 Å². The van der Waals surface area contributed by atoms with Crippen molar-refractivity contribution in [3.05, 3.63) is 96.7 Å². The number of benzene rings is 3. The normalized spacial score (nSPS) is 11.8. The first-order valence-corrected chi connectivity index (χ1v) is 10.6. The molecule has 5 rings (SSSR count). The summed E-state index contributed by atoms with van der Waals surface area (Å²) in [5.41, 5.74) is 5.84. The van der Waals surface area contributed by atoms with Crippen LogP contribution in [-0.4, -0.2) is 4.57 Å². The smallest absolute Gasteiger partial charge is 0.0634 e. The maximum Gasteiger partial charge on any atom is 0.0634 e. The van der Waals surface area contributed by atoms with E-state index < -0.39 is 0 Å². The summed E-state index contributed by atoms with van der Waals surface area (Å²) in [5.74, 6) is 0. The molecule has 1 nitrogen and oxygen atoms in total. The molecule has 0 aliphatic rings. The molecule has 29 heavy (non-hydrogen) atoms. The summed E-state index contributed by atoms with van der Waals surface area (Å²) in [7, 11) is 0. The highest BCUT2D eigenvalue weighted by Gasteiger charge is 2.20. The Balaban J connectivity index is 2.06. The fourth-order valence-electron chi connectivity index (χ4n) is 4.29. The van der Waals surface area contributed by atoms with Gasteiger partial charge in [-0.05, 0) is 36.8 Å². The molecule has 0 spiro atoms. The van der Waals surface area contributed by atoms with E-state index in [0.717, 1.165) is 16.9 Å². The van der Waals surface area contributed by atoms with Gasteiger partial charge in [0, 0.05) is 36.8 Å². The van der Waals surface area contributed by atoms with Crippen molar-refractivity contribution in [1.82, 2.24) is 4.57 Å². The minimum Gasteiger partial charge on any atom is -0.309 e. The molecule has 2 heteroatoms. The van der Waals surface area contributed by atoms with Gasteiger partial charge in [-0.2, -0.15) is 0 Å². The van der Waals surface area contributed by atoms with Crippen LogP contribution < -0.4 is 0 Å². The van der Waals surface area contributed by atoms with Crippen molar-refractivity contribution in [2.75, 3.05) is 0 Å². The minimum atomic E-state index is 1.08. The maximum atomic E-state index is 4.11. The number of thiophene rings is 1. The molecule has 3 aromatic carbocycles. The maximum absolute atomic E-state index is 4.11. The average Bonchev–Trinajstić information content (AvgIpc) is 3.30. The average molecular weight is 392 g/mol. The summed E-state index contributed by atoms with van der Waals surface area (Å²) in [6.07, 6.45) is 8.18. The van der Waals surface area contributed by atoms with Gasteiger partial charge >= 0.3 is 0 Å². The SMILES string of the molecule is C=Cc1c(C=C)n(-c2ccccc2)c2c1ccc1sc3c(/C=C/C)cccc3c12. The summed E-state index contributed by atoms with van der Waals surface area (Å²) in [5, 5.41) is 3.81. The van der Waals surface area contributed by atoms with E-state index in [4.69, 9.17) is 0 Å². The molecule has 0 unspecified atom stereocenters. The van der Waals surface area contributed by atoms with Crippen LogP contribution >= 0.6 is 11.3 Å². The van der Waals surface area contributed by atoms with Gasteiger partial charge in [-0.25, -0.2) is 0 Å². The predicted molar refractivity (Wildman–Crippen MR) is 131 cm³/mol. The molecule has 2 aromatic heterocycles. The van der Waals surface area contributed by atoms with E-state index in [9.17, 15) is 0 Å². The number of aromatic nitrogens is 1. The molecular formula is C27H21NS. The zero-order valence-corrected chi connectivity index (χ0v) is 17.2. The Bertz CT molecular complexity index is 1430. The second kappa shape index (κ2) is 6.91. The lowest BCUT2D eigenvalue weighted by Crippen LogP contribution is -1.96. The van der Waals surface area contributed by atoms with Gasteiger partial charge in [0.15, 0.2) is 0 Å². The van der Waals surface area contributed by atoms with Crippen LogP contribution in [0, 0.1) is 0 Å². The Hall–Kier alpha value is -3.36. The molecule has 0 fully saturated rings. The molecular weight excluding hydrogens is 370 g/mol. The summed E-state index contributed by atoms with van der Waals surface area (Å²) in [4.78, 5) is 0. The lowest BCUT2D eigenvalue weighted by molar-refractivity contribution is 1.11. The van der Waals surface area contributed by atoms with Crippen LogP contribution in [0.2, 0.25) is 0 Å². The fraction of sp³-hybridized carbons (Fsp3) is 0.0370. The second-order valence-electron chi connectivity index (χ2n) is 7.04. The van der Waals surface area contributed by atoms with E-state index in [1.807, 2.05) is 23.5 Å². The van der Waals surface area contributed by atoms with Crippen molar-refractivity contribution in [2.24, 2.45) is 0 Å². The standard InChI is InChI=1S/C27H21NS/c1-4-11-18-12-10-15-22-25-24(29-27(18)22)17-16-21-20(5-2)23(6-3)28(26(21)25)19-13-8-7-9-14-19/h4-17H,2-3H2,1H3/b11-4+. The van der Waals surface area contributed by atoms with Gasteiger partial charge in [0.2, 0.25) is 0 Å². The molecule has 0 amide bonds. The topological polar surface area (TPSA) is 4.93 Å². The molecule has 0 N–H and O–H groups in total. The fourth-order valence-corrected chi connectivity index (χ4v) is 5.49. The van der Waals surface area contributed by atoms with Crippen LogP contribution in [0.3, 0.4) is 0 Å². The molecule has 2 heterocycles. The van der Waals surface area contributed by atoms with Crippen molar-refractivity contribution < 1.29 is 0 Å². The highest BCUT2D eigenvalue weighted by Crippen LogP contribution is 2.43. The van der Waals surface area contributed by atoms with Gasteiger partial charge in [0.1, 0.15) is 0 Å². The van der Waals surface area contributed by atoms with Crippen LogP contribution in [0.5, 0.6) is 0 Å². The van der Waals surface area contributed by atoms with Gasteiger partial charge in [-0.1, -0.05) is 73.9 Å². The predicted octanol–water partition coefficient (Wildman–Crippen LogP) is 8.32. The van der Waals surface area contributed by atoms with Gasteiger partial charge in [0.05, 0.1) is 11.2 Å². The number of allylic oxidation sites excluding steroid dienone is 1. The Kier molecular flexibility index (Phi) is 4.22. The van der Waals surface area contributed by atoms with E-state index in [-0.39, 0.29) is 0 Å². The number of rotatable bonds is 4. The van der Waals surface area contributed by atoms with E-state index in [0.29, 0.717) is 0 Å². The highest BCUT2D eigenvalue weighted by molar-refractivity contribution is 7.26. The van der Waals surface area contributed by atoms with Crippen molar-refractivity contribution in [2.45, 2.75) is 6.92 Å². The first-order chi connectivity index (χ1) is 14.3. The number of nitrogens with zero attached hydrogens (tertiary/aromatic N) is 1. The van der Waals surface area contributed by atoms with Gasteiger partial charge in [0.25, 0.3) is 0 Å². The van der Waals surface area contributed by atoms with Crippen molar-refractivity contribution in [1.29, 1.82) is 0 Å². The lowest BCUT2D eigenvalue weighted by atomic mass is 10.0. The summed E-state index contributed by atoms with van der Waals surface area (Å²) < 4.78 is 4.95. The van der Waals surface area contributed by atoms with E-state index in [2.05, 4.69) is 97.5 Å². The largest absolute Gasteiger partial charge is 0.309 e. The zero-order valence-electron chi connectivity index (χ0n) is 16.4. The molecule has 140 valence electrons. The monoisotopic (exact) mass is 391 g/mol. The quantitative estimate of drug-likeness (QED) is 0.290. The molecule has 0 saturated carbocycles. The minimum absolute atomic E-state index is 1.08. The molecule has 0 aliphatic carbocycles. The third-order valence-corrected chi connectivity index (χ3v) is 6.68. The van der Waals surface area contributed by atoms with Gasteiger partial charge in [-0.3, -0.25) is 0 Å². The van der Waals surface area contributed by atoms with E-state index >= 15 is 0 Å². The molecule has 5 aromatic rings. The number of para-hydroxylation sites is 1. The van der Waals surface area contributed by atoms with Crippen LogP contribution in [0.1, 0.15) is 23.7 Å². The summed E-state index contributed by atoms with van der Waals surface area (Å²) >= 11 is 1.86. The Morgan fingerprint density at radius 2 is 1.69 bits per heavy atom. The van der Waals surface area contributed by atoms with Crippen molar-refractivity contribution in [3.8, 4) is 5.69 Å². The summed E-state index contributed by atoms with van der Waals surface area (Å²) in [6.45, 7) is 10.3. The van der Waals surface area contributed by atoms with Crippen LogP contribution in [0.4, 0.5) is 0 Å². The van der Waals surface area contributed by atoms with Crippen LogP contribution in [-0.2, 0) is 0 Å². The number of fused-ring (bicyclic) bond motifs is 5. The first kappa shape index (κ1) is 17.7. The number of hydrogen-bond acceptors (Lipinski definition) is 1. The third-order valence-electron chi connectivity index (χ3n) is 5.46. The number of hydrogen-bond donors (Lipinski definition) is 0. The van der Waals surface area contributed by atoms with Crippen molar-refractivity contribution >= 4 is 60.6 Å². The van der Waals surface area contributed by atoms with E-state index in [1.165, 1.54) is 36.6 Å².